The lowest BCUT2D eigenvalue weighted by molar-refractivity contribution is -0.384. The van der Waals surface area contributed by atoms with Gasteiger partial charge in [-0.25, -0.2) is 0 Å². The van der Waals surface area contributed by atoms with Gasteiger partial charge in [-0.3, -0.25) is 19.7 Å². The lowest BCUT2D eigenvalue weighted by atomic mass is 10.1. The second-order valence-electron chi connectivity index (χ2n) is 6.77. The molecular formula is C18H24N4O3. The van der Waals surface area contributed by atoms with Crippen molar-refractivity contribution in [3.63, 3.8) is 0 Å². The summed E-state index contributed by atoms with van der Waals surface area (Å²) in [4.78, 5) is 12.7. The molecule has 25 heavy (non-hydrogen) atoms. The van der Waals surface area contributed by atoms with E-state index < -0.39 is 4.92 Å². The highest BCUT2D eigenvalue weighted by Crippen LogP contribution is 2.22. The molecule has 1 saturated heterocycles. The lowest BCUT2D eigenvalue weighted by Gasteiger charge is -2.31. The Kier molecular flexibility index (Phi) is 5.33. The summed E-state index contributed by atoms with van der Waals surface area (Å²) >= 11 is 0. The summed E-state index contributed by atoms with van der Waals surface area (Å²) in [5, 5.41) is 15.1. The third kappa shape index (κ3) is 4.57. The Labute approximate surface area is 147 Å². The molecule has 1 aromatic carbocycles. The number of hydrogen-bond acceptors (Lipinski definition) is 5. The predicted molar refractivity (Wildman–Crippen MR) is 94.6 cm³/mol. The first-order chi connectivity index (χ1) is 12.0. The van der Waals surface area contributed by atoms with Crippen molar-refractivity contribution in [3.8, 4) is 5.75 Å². The zero-order chi connectivity index (χ0) is 17.8. The second kappa shape index (κ2) is 7.65. The molecule has 0 N–H and O–H groups in total. The molecule has 3 rings (SSSR count). The van der Waals surface area contributed by atoms with Gasteiger partial charge >= 0.3 is 0 Å². The largest absolute Gasteiger partial charge is 0.490 e. The fourth-order valence-corrected chi connectivity index (χ4v) is 3.02. The Morgan fingerprint density at radius 2 is 1.96 bits per heavy atom. The summed E-state index contributed by atoms with van der Waals surface area (Å²) in [5.41, 5.74) is 1.33. The predicted octanol–water partition coefficient (Wildman–Crippen LogP) is 3.42. The van der Waals surface area contributed by atoms with Crippen LogP contribution in [0.3, 0.4) is 0 Å². The zero-order valence-corrected chi connectivity index (χ0v) is 14.7. The van der Waals surface area contributed by atoms with Crippen molar-refractivity contribution in [2.45, 2.75) is 45.4 Å². The molecule has 0 aliphatic carbocycles. The average Bonchev–Trinajstić information content (AvgIpc) is 3.06. The van der Waals surface area contributed by atoms with Crippen LogP contribution in [0.1, 0.15) is 38.3 Å². The summed E-state index contributed by atoms with van der Waals surface area (Å²) in [5.74, 6) is 0.697. The van der Waals surface area contributed by atoms with Gasteiger partial charge in [-0.1, -0.05) is 0 Å². The number of likely N-dealkylation sites (tertiary alicyclic amines) is 1. The van der Waals surface area contributed by atoms with E-state index in [1.807, 2.05) is 10.9 Å². The molecule has 7 heteroatoms. The first-order valence-electron chi connectivity index (χ1n) is 8.68. The molecule has 1 aliphatic rings. The molecule has 0 atom stereocenters. The van der Waals surface area contributed by atoms with E-state index in [0.717, 1.165) is 32.5 Å². The summed E-state index contributed by atoms with van der Waals surface area (Å²) in [6, 6.07) is 6.69. The van der Waals surface area contributed by atoms with Gasteiger partial charge in [0, 0.05) is 49.6 Å². The third-order valence-electron chi connectivity index (χ3n) is 4.48. The van der Waals surface area contributed by atoms with E-state index in [-0.39, 0.29) is 11.8 Å². The number of nitro groups is 1. The minimum Gasteiger partial charge on any atom is -0.490 e. The molecule has 2 aromatic rings. The topological polar surface area (TPSA) is 73.4 Å². The smallest absolute Gasteiger partial charge is 0.269 e. The van der Waals surface area contributed by atoms with Gasteiger partial charge in [0.2, 0.25) is 0 Å². The fraction of sp³-hybridized carbons (Fsp3) is 0.500. The minimum absolute atomic E-state index is 0.0871. The quantitative estimate of drug-likeness (QED) is 0.593. The summed E-state index contributed by atoms with van der Waals surface area (Å²) < 4.78 is 7.94. The number of ether oxygens (including phenoxy) is 1. The van der Waals surface area contributed by atoms with Crippen LogP contribution >= 0.6 is 0 Å². The lowest BCUT2D eigenvalue weighted by Crippen LogP contribution is -2.37. The van der Waals surface area contributed by atoms with Crippen LogP contribution in [0.5, 0.6) is 5.75 Å². The Morgan fingerprint density at radius 1 is 1.28 bits per heavy atom. The molecule has 134 valence electrons. The monoisotopic (exact) mass is 344 g/mol. The Balaban J connectivity index is 1.47. The molecule has 0 unspecified atom stereocenters. The standard InChI is InChI=1S/C18H24N4O3/c1-14(2)21-13-15(11-19-21)12-20-9-7-18(8-10-20)25-17-5-3-16(4-6-17)22(23)24/h3-6,11,13-14,18H,7-10,12H2,1-2H3. The zero-order valence-electron chi connectivity index (χ0n) is 14.7. The van der Waals surface area contributed by atoms with Gasteiger partial charge in [-0.05, 0) is 38.8 Å². The molecular weight excluding hydrogens is 320 g/mol. The first-order valence-corrected chi connectivity index (χ1v) is 8.68. The van der Waals surface area contributed by atoms with Crippen molar-refractivity contribution in [2.24, 2.45) is 0 Å². The van der Waals surface area contributed by atoms with Crippen LogP contribution in [0.4, 0.5) is 5.69 Å². The molecule has 0 spiro atoms. The Hall–Kier alpha value is -2.41. The van der Waals surface area contributed by atoms with Crippen molar-refractivity contribution in [1.29, 1.82) is 0 Å². The van der Waals surface area contributed by atoms with E-state index in [9.17, 15) is 10.1 Å². The number of benzene rings is 1. The first kappa shape index (κ1) is 17.4. The number of hydrogen-bond donors (Lipinski definition) is 0. The highest BCUT2D eigenvalue weighted by molar-refractivity contribution is 5.36. The SMILES string of the molecule is CC(C)n1cc(CN2CCC(Oc3ccc([N+](=O)[O-])cc3)CC2)cn1. The molecule has 0 radical (unpaired) electrons. The van der Waals surface area contributed by atoms with Gasteiger partial charge in [0.1, 0.15) is 11.9 Å². The van der Waals surface area contributed by atoms with Gasteiger partial charge in [0.15, 0.2) is 0 Å². The van der Waals surface area contributed by atoms with Gasteiger partial charge in [-0.2, -0.15) is 5.10 Å². The molecule has 2 heterocycles. The number of non-ortho nitro benzene ring substituents is 1. The van der Waals surface area contributed by atoms with Crippen molar-refractivity contribution < 1.29 is 9.66 Å². The number of nitrogens with zero attached hydrogens (tertiary/aromatic N) is 4. The number of piperidine rings is 1. The molecule has 7 nitrogen and oxygen atoms in total. The maximum Gasteiger partial charge on any atom is 0.269 e. The summed E-state index contributed by atoms with van der Waals surface area (Å²) in [6.45, 7) is 7.11. The number of aromatic nitrogens is 2. The van der Waals surface area contributed by atoms with E-state index >= 15 is 0 Å². The van der Waals surface area contributed by atoms with Crippen LogP contribution < -0.4 is 4.74 Å². The van der Waals surface area contributed by atoms with Crippen molar-refractivity contribution in [2.75, 3.05) is 13.1 Å². The van der Waals surface area contributed by atoms with E-state index in [4.69, 9.17) is 4.74 Å². The Bertz CT molecular complexity index is 703. The van der Waals surface area contributed by atoms with Crippen molar-refractivity contribution in [3.05, 3.63) is 52.3 Å². The van der Waals surface area contributed by atoms with Crippen LogP contribution in [-0.2, 0) is 6.54 Å². The molecule has 0 saturated carbocycles. The summed E-state index contributed by atoms with van der Waals surface area (Å²) in [7, 11) is 0. The molecule has 0 bridgehead atoms. The third-order valence-corrected chi connectivity index (χ3v) is 4.48. The maximum atomic E-state index is 10.7. The second-order valence-corrected chi connectivity index (χ2v) is 6.77. The van der Waals surface area contributed by atoms with E-state index in [2.05, 4.69) is 30.0 Å². The maximum absolute atomic E-state index is 10.7. The van der Waals surface area contributed by atoms with Crippen LogP contribution in [0.2, 0.25) is 0 Å². The van der Waals surface area contributed by atoms with Crippen LogP contribution in [-0.4, -0.2) is 38.8 Å². The van der Waals surface area contributed by atoms with E-state index in [0.29, 0.717) is 11.8 Å². The number of rotatable bonds is 6. The number of nitro benzene ring substituents is 1. The van der Waals surface area contributed by atoms with E-state index in [1.54, 1.807) is 12.1 Å². The average molecular weight is 344 g/mol. The normalized spacial score (nSPS) is 16.3. The Morgan fingerprint density at radius 3 is 2.52 bits per heavy atom. The molecule has 1 aromatic heterocycles. The molecule has 1 fully saturated rings. The van der Waals surface area contributed by atoms with Crippen LogP contribution in [0.25, 0.3) is 0 Å². The molecule has 1 aliphatic heterocycles. The minimum atomic E-state index is -0.399. The fourth-order valence-electron chi connectivity index (χ4n) is 3.02. The van der Waals surface area contributed by atoms with Crippen LogP contribution in [0, 0.1) is 10.1 Å². The van der Waals surface area contributed by atoms with Crippen molar-refractivity contribution in [1.82, 2.24) is 14.7 Å². The highest BCUT2D eigenvalue weighted by atomic mass is 16.6. The highest BCUT2D eigenvalue weighted by Gasteiger charge is 2.21. The van der Waals surface area contributed by atoms with Gasteiger partial charge in [0.05, 0.1) is 11.1 Å². The molecule has 0 amide bonds. The van der Waals surface area contributed by atoms with Crippen LogP contribution in [0.15, 0.2) is 36.7 Å². The summed E-state index contributed by atoms with van der Waals surface area (Å²) in [6.07, 6.45) is 6.13. The van der Waals surface area contributed by atoms with Gasteiger partial charge < -0.3 is 4.74 Å². The van der Waals surface area contributed by atoms with Gasteiger partial charge in [-0.15, -0.1) is 0 Å². The van der Waals surface area contributed by atoms with E-state index in [1.165, 1.54) is 17.7 Å². The van der Waals surface area contributed by atoms with Crippen molar-refractivity contribution >= 4 is 5.69 Å². The van der Waals surface area contributed by atoms with Gasteiger partial charge in [0.25, 0.3) is 5.69 Å².